The molecule has 98 valence electrons. The van der Waals surface area contributed by atoms with Gasteiger partial charge in [0.1, 0.15) is 5.69 Å². The minimum absolute atomic E-state index is 0.651. The van der Waals surface area contributed by atoms with Crippen LogP contribution >= 0.6 is 0 Å². The van der Waals surface area contributed by atoms with Crippen molar-refractivity contribution in [2.24, 2.45) is 0 Å². The Morgan fingerprint density at radius 3 is 2.47 bits per heavy atom. The van der Waals surface area contributed by atoms with Crippen molar-refractivity contribution in [3.05, 3.63) is 35.5 Å². The van der Waals surface area contributed by atoms with Gasteiger partial charge in [-0.05, 0) is 26.7 Å². The van der Waals surface area contributed by atoms with Crippen LogP contribution in [0.4, 0.5) is 0 Å². The Bertz CT molecular complexity index is 555. The van der Waals surface area contributed by atoms with Gasteiger partial charge in [-0.3, -0.25) is 4.98 Å². The highest BCUT2D eigenvalue weighted by Gasteiger charge is 2.21. The molecule has 5 heteroatoms. The van der Waals surface area contributed by atoms with Crippen molar-refractivity contribution in [1.29, 1.82) is 0 Å². The number of nitrogens with one attached hydrogen (secondary N) is 1. The quantitative estimate of drug-likeness (QED) is 0.902. The summed E-state index contributed by atoms with van der Waals surface area (Å²) in [5, 5.41) is 3.51. The minimum atomic E-state index is 0.651. The molecule has 0 atom stereocenters. The lowest BCUT2D eigenvalue weighted by Crippen LogP contribution is -2.18. The number of hydrogen-bond donors (Lipinski definition) is 1. The predicted molar refractivity (Wildman–Crippen MR) is 72.4 cm³/mol. The molecule has 0 amide bonds. The van der Waals surface area contributed by atoms with Crippen molar-refractivity contribution in [3.8, 4) is 11.5 Å². The smallest absolute Gasteiger partial charge is 0.180 e. The largest absolute Gasteiger partial charge is 0.310 e. The maximum Gasteiger partial charge on any atom is 0.180 e. The number of hydrogen-bond acceptors (Lipinski definition) is 5. The second kappa shape index (κ2) is 5.01. The third-order valence-electron chi connectivity index (χ3n) is 3.36. The van der Waals surface area contributed by atoms with E-state index < -0.39 is 0 Å². The number of nitrogens with zero attached hydrogens (tertiary/aromatic N) is 4. The lowest BCUT2D eigenvalue weighted by Gasteiger charge is -2.11. The van der Waals surface area contributed by atoms with Gasteiger partial charge in [0, 0.05) is 41.9 Å². The van der Waals surface area contributed by atoms with E-state index in [1.165, 1.54) is 18.4 Å². The average molecular weight is 255 g/mol. The SMILES string of the molecule is Cc1nc(-c2cnccn2)nc(C)c1CNC1CC1. The molecule has 1 aliphatic rings. The van der Waals surface area contributed by atoms with Crippen LogP contribution in [0.25, 0.3) is 11.5 Å². The maximum absolute atomic E-state index is 4.55. The number of aryl methyl sites for hydroxylation is 2. The average Bonchev–Trinajstić information content (AvgIpc) is 3.23. The fourth-order valence-electron chi connectivity index (χ4n) is 2.06. The van der Waals surface area contributed by atoms with Crippen LogP contribution in [-0.2, 0) is 6.54 Å². The highest BCUT2D eigenvalue weighted by molar-refractivity contribution is 5.48. The molecule has 0 aliphatic heterocycles. The molecule has 3 rings (SSSR count). The molecule has 2 heterocycles. The molecule has 0 saturated heterocycles. The molecule has 1 aliphatic carbocycles. The van der Waals surface area contributed by atoms with Crippen LogP contribution in [-0.4, -0.2) is 26.0 Å². The highest BCUT2D eigenvalue weighted by atomic mass is 15.0. The predicted octanol–water partition coefficient (Wildman–Crippen LogP) is 1.80. The van der Waals surface area contributed by atoms with Crippen LogP contribution in [0.15, 0.2) is 18.6 Å². The second-order valence-corrected chi connectivity index (χ2v) is 4.94. The third-order valence-corrected chi connectivity index (χ3v) is 3.36. The van der Waals surface area contributed by atoms with Gasteiger partial charge in [0.05, 0.1) is 6.20 Å². The summed E-state index contributed by atoms with van der Waals surface area (Å²) in [6.45, 7) is 4.90. The van der Waals surface area contributed by atoms with Crippen molar-refractivity contribution in [2.45, 2.75) is 39.3 Å². The van der Waals surface area contributed by atoms with E-state index in [0.717, 1.165) is 23.6 Å². The molecular weight excluding hydrogens is 238 g/mol. The van der Waals surface area contributed by atoms with E-state index in [9.17, 15) is 0 Å². The summed E-state index contributed by atoms with van der Waals surface area (Å²) in [6.07, 6.45) is 7.58. The minimum Gasteiger partial charge on any atom is -0.310 e. The van der Waals surface area contributed by atoms with Crippen molar-refractivity contribution in [1.82, 2.24) is 25.3 Å². The molecule has 5 nitrogen and oxygen atoms in total. The van der Waals surface area contributed by atoms with Gasteiger partial charge in [-0.1, -0.05) is 0 Å². The molecule has 0 spiro atoms. The zero-order chi connectivity index (χ0) is 13.2. The summed E-state index contributed by atoms with van der Waals surface area (Å²) < 4.78 is 0. The molecular formula is C14H17N5. The fraction of sp³-hybridized carbons (Fsp3) is 0.429. The van der Waals surface area contributed by atoms with Crippen LogP contribution in [0.5, 0.6) is 0 Å². The Morgan fingerprint density at radius 2 is 1.89 bits per heavy atom. The topological polar surface area (TPSA) is 63.6 Å². The first kappa shape index (κ1) is 12.2. The number of aromatic nitrogens is 4. The molecule has 2 aromatic rings. The number of rotatable bonds is 4. The summed E-state index contributed by atoms with van der Waals surface area (Å²) in [6, 6.07) is 0.693. The van der Waals surface area contributed by atoms with E-state index in [4.69, 9.17) is 0 Å². The van der Waals surface area contributed by atoms with Gasteiger partial charge in [-0.25, -0.2) is 15.0 Å². The van der Waals surface area contributed by atoms with Crippen LogP contribution in [0.2, 0.25) is 0 Å². The summed E-state index contributed by atoms with van der Waals surface area (Å²) in [5.74, 6) is 0.651. The Balaban J connectivity index is 1.88. The zero-order valence-corrected chi connectivity index (χ0v) is 11.2. The van der Waals surface area contributed by atoms with E-state index in [1.54, 1.807) is 18.6 Å². The van der Waals surface area contributed by atoms with Gasteiger partial charge in [0.15, 0.2) is 5.82 Å². The monoisotopic (exact) mass is 255 g/mol. The fourth-order valence-corrected chi connectivity index (χ4v) is 2.06. The van der Waals surface area contributed by atoms with Gasteiger partial charge in [0.25, 0.3) is 0 Å². The molecule has 1 fully saturated rings. The molecule has 0 radical (unpaired) electrons. The molecule has 1 saturated carbocycles. The maximum atomic E-state index is 4.55. The van der Waals surface area contributed by atoms with Gasteiger partial charge >= 0.3 is 0 Å². The Kier molecular flexibility index (Phi) is 3.21. The lowest BCUT2D eigenvalue weighted by atomic mass is 10.1. The van der Waals surface area contributed by atoms with Gasteiger partial charge in [-0.2, -0.15) is 0 Å². The summed E-state index contributed by atoms with van der Waals surface area (Å²) in [5.41, 5.74) is 3.94. The second-order valence-electron chi connectivity index (χ2n) is 4.94. The standard InChI is InChI=1S/C14H17N5/c1-9-12(7-17-11-3-4-11)10(2)19-14(18-9)13-8-15-5-6-16-13/h5-6,8,11,17H,3-4,7H2,1-2H3. The molecule has 19 heavy (non-hydrogen) atoms. The van der Waals surface area contributed by atoms with Crippen LogP contribution in [0.1, 0.15) is 29.8 Å². The van der Waals surface area contributed by atoms with E-state index >= 15 is 0 Å². The summed E-state index contributed by atoms with van der Waals surface area (Å²) in [7, 11) is 0. The Morgan fingerprint density at radius 1 is 1.16 bits per heavy atom. The van der Waals surface area contributed by atoms with Crippen LogP contribution in [0, 0.1) is 13.8 Å². The van der Waals surface area contributed by atoms with Crippen molar-refractivity contribution < 1.29 is 0 Å². The lowest BCUT2D eigenvalue weighted by molar-refractivity contribution is 0.675. The first-order valence-corrected chi connectivity index (χ1v) is 6.58. The van der Waals surface area contributed by atoms with E-state index in [1.807, 2.05) is 13.8 Å². The summed E-state index contributed by atoms with van der Waals surface area (Å²) in [4.78, 5) is 17.4. The van der Waals surface area contributed by atoms with Gasteiger partial charge in [0.2, 0.25) is 0 Å². The van der Waals surface area contributed by atoms with E-state index in [-0.39, 0.29) is 0 Å². The molecule has 1 N–H and O–H groups in total. The highest BCUT2D eigenvalue weighted by Crippen LogP contribution is 2.21. The molecule has 0 aromatic carbocycles. The first-order chi connectivity index (χ1) is 9.24. The Labute approximate surface area is 112 Å². The van der Waals surface area contributed by atoms with E-state index in [0.29, 0.717) is 11.9 Å². The van der Waals surface area contributed by atoms with Crippen molar-refractivity contribution >= 4 is 0 Å². The van der Waals surface area contributed by atoms with E-state index in [2.05, 4.69) is 25.3 Å². The molecule has 0 bridgehead atoms. The van der Waals surface area contributed by atoms with Gasteiger partial charge < -0.3 is 5.32 Å². The van der Waals surface area contributed by atoms with Crippen LogP contribution < -0.4 is 5.32 Å². The van der Waals surface area contributed by atoms with Gasteiger partial charge in [-0.15, -0.1) is 0 Å². The van der Waals surface area contributed by atoms with Crippen LogP contribution in [0.3, 0.4) is 0 Å². The van der Waals surface area contributed by atoms with Crippen molar-refractivity contribution in [2.75, 3.05) is 0 Å². The van der Waals surface area contributed by atoms with Crippen molar-refractivity contribution in [3.63, 3.8) is 0 Å². The zero-order valence-electron chi connectivity index (χ0n) is 11.2. The normalized spacial score (nSPS) is 14.6. The molecule has 2 aromatic heterocycles. The molecule has 0 unspecified atom stereocenters. The third kappa shape index (κ3) is 2.76. The summed E-state index contributed by atoms with van der Waals surface area (Å²) >= 11 is 0. The first-order valence-electron chi connectivity index (χ1n) is 6.58. The Hall–Kier alpha value is -1.88.